The van der Waals surface area contributed by atoms with Crippen LogP contribution in [0.4, 0.5) is 0 Å². The molecule has 0 aliphatic rings. The Bertz CT molecular complexity index is 550. The Morgan fingerprint density at radius 2 is 2.23 bits per heavy atom. The van der Waals surface area contributed by atoms with Gasteiger partial charge in [0.2, 0.25) is 0 Å². The molecule has 0 atom stereocenters. The molecule has 1 aromatic carbocycles. The summed E-state index contributed by atoms with van der Waals surface area (Å²) in [6.45, 7) is 1.54. The minimum atomic E-state index is -0.392. The van der Waals surface area contributed by atoms with Crippen molar-refractivity contribution in [2.24, 2.45) is 0 Å². The van der Waals surface area contributed by atoms with Crippen LogP contribution in [0.5, 0.6) is 5.75 Å². The predicted molar refractivity (Wildman–Crippen MR) is 83.0 cm³/mol. The van der Waals surface area contributed by atoms with Crippen LogP contribution >= 0.6 is 0 Å². The number of nitrogens with one attached hydrogen (secondary N) is 2. The van der Waals surface area contributed by atoms with Gasteiger partial charge in [-0.25, -0.2) is 0 Å². The first kappa shape index (κ1) is 17.5. The smallest absolute Gasteiger partial charge is 0.263 e. The zero-order chi connectivity index (χ0) is 16.2. The number of hydrogen-bond donors (Lipinski definition) is 2. The van der Waals surface area contributed by atoms with Crippen LogP contribution < -0.4 is 15.4 Å². The molecule has 0 aromatic heterocycles. The summed E-state index contributed by atoms with van der Waals surface area (Å²) in [5, 5.41) is 14.6. The van der Waals surface area contributed by atoms with Gasteiger partial charge in [-0.15, -0.1) is 0 Å². The zero-order valence-electron chi connectivity index (χ0n) is 12.9. The molecule has 1 aromatic rings. The largest absolute Gasteiger partial charge is 0.497 e. The molecule has 0 aliphatic heterocycles. The summed E-state index contributed by atoms with van der Waals surface area (Å²) >= 11 is 0. The molecular weight excluding hydrogens is 282 g/mol. The number of carbonyl (C=O) groups is 1. The lowest BCUT2D eigenvalue weighted by molar-refractivity contribution is -0.117. The summed E-state index contributed by atoms with van der Waals surface area (Å²) < 4.78 is 10.0. The maximum absolute atomic E-state index is 11.8. The lowest BCUT2D eigenvalue weighted by atomic mass is 10.2. The highest BCUT2D eigenvalue weighted by Gasteiger charge is 2.07. The topological polar surface area (TPSA) is 83.4 Å². The van der Waals surface area contributed by atoms with Gasteiger partial charge >= 0.3 is 0 Å². The number of carbonyl (C=O) groups excluding carboxylic acids is 1. The van der Waals surface area contributed by atoms with E-state index < -0.39 is 5.91 Å². The van der Waals surface area contributed by atoms with Gasteiger partial charge in [-0.3, -0.25) is 4.79 Å². The SMILES string of the molecule is COCCCNC(=O)/C(C#N)=C\NCc1cccc(OC)c1. The number of methoxy groups -OCH3 is 2. The van der Waals surface area contributed by atoms with Crippen LogP contribution in [0.3, 0.4) is 0 Å². The van der Waals surface area contributed by atoms with Gasteiger partial charge in [-0.2, -0.15) is 5.26 Å². The van der Waals surface area contributed by atoms with E-state index >= 15 is 0 Å². The lowest BCUT2D eigenvalue weighted by Gasteiger charge is -2.06. The highest BCUT2D eigenvalue weighted by molar-refractivity contribution is 5.97. The number of amides is 1. The molecule has 2 N–H and O–H groups in total. The molecule has 0 bridgehead atoms. The Labute approximate surface area is 130 Å². The fraction of sp³-hybridized carbons (Fsp3) is 0.375. The van der Waals surface area contributed by atoms with Crippen LogP contribution in [0.1, 0.15) is 12.0 Å². The van der Waals surface area contributed by atoms with E-state index in [0.29, 0.717) is 26.1 Å². The first-order valence-corrected chi connectivity index (χ1v) is 6.95. The Morgan fingerprint density at radius 1 is 1.41 bits per heavy atom. The second kappa shape index (κ2) is 10.2. The summed E-state index contributed by atoms with van der Waals surface area (Å²) in [7, 11) is 3.21. The average molecular weight is 303 g/mol. The van der Waals surface area contributed by atoms with Crippen molar-refractivity contribution in [2.45, 2.75) is 13.0 Å². The highest BCUT2D eigenvalue weighted by Crippen LogP contribution is 2.12. The monoisotopic (exact) mass is 303 g/mol. The molecule has 0 aliphatic carbocycles. The van der Waals surface area contributed by atoms with E-state index in [-0.39, 0.29) is 5.57 Å². The number of benzene rings is 1. The molecule has 0 heterocycles. The molecule has 1 amide bonds. The van der Waals surface area contributed by atoms with Crippen LogP contribution in [-0.4, -0.2) is 33.3 Å². The maximum atomic E-state index is 11.8. The Morgan fingerprint density at radius 3 is 2.91 bits per heavy atom. The second-order valence-corrected chi connectivity index (χ2v) is 4.50. The van der Waals surface area contributed by atoms with E-state index in [0.717, 1.165) is 11.3 Å². The van der Waals surface area contributed by atoms with Crippen molar-refractivity contribution in [3.8, 4) is 11.8 Å². The Kier molecular flexibility index (Phi) is 8.16. The maximum Gasteiger partial charge on any atom is 0.263 e. The van der Waals surface area contributed by atoms with Gasteiger partial charge in [0.05, 0.1) is 7.11 Å². The standard InChI is InChI=1S/C16H21N3O3/c1-21-8-4-7-19-16(20)14(10-17)12-18-11-13-5-3-6-15(9-13)22-2/h3,5-6,9,12,18H,4,7-8,11H2,1-2H3,(H,19,20)/b14-12-. The second-order valence-electron chi connectivity index (χ2n) is 4.50. The predicted octanol–water partition coefficient (Wildman–Crippen LogP) is 1.34. The fourth-order valence-electron chi connectivity index (χ4n) is 1.72. The van der Waals surface area contributed by atoms with Crippen molar-refractivity contribution in [3.63, 3.8) is 0 Å². The van der Waals surface area contributed by atoms with Crippen molar-refractivity contribution < 1.29 is 14.3 Å². The zero-order valence-corrected chi connectivity index (χ0v) is 12.9. The molecule has 0 spiro atoms. The van der Waals surface area contributed by atoms with E-state index in [9.17, 15) is 4.79 Å². The summed E-state index contributed by atoms with van der Waals surface area (Å²) in [5.41, 5.74) is 1.04. The van der Waals surface area contributed by atoms with E-state index in [2.05, 4.69) is 10.6 Å². The summed E-state index contributed by atoms with van der Waals surface area (Å²) in [6.07, 6.45) is 2.13. The molecule has 0 saturated heterocycles. The first-order chi connectivity index (χ1) is 10.7. The highest BCUT2D eigenvalue weighted by atomic mass is 16.5. The Hall–Kier alpha value is -2.52. The van der Waals surface area contributed by atoms with E-state index in [4.69, 9.17) is 14.7 Å². The fourth-order valence-corrected chi connectivity index (χ4v) is 1.72. The molecule has 22 heavy (non-hydrogen) atoms. The minimum absolute atomic E-state index is 0.0420. The summed E-state index contributed by atoms with van der Waals surface area (Å²) in [6, 6.07) is 9.44. The number of nitrogens with zero attached hydrogens (tertiary/aromatic N) is 1. The van der Waals surface area contributed by atoms with E-state index in [1.54, 1.807) is 14.2 Å². The number of nitriles is 1. The van der Waals surface area contributed by atoms with Crippen molar-refractivity contribution >= 4 is 5.91 Å². The normalized spacial score (nSPS) is 10.7. The van der Waals surface area contributed by atoms with Crippen molar-refractivity contribution in [1.82, 2.24) is 10.6 Å². The molecule has 0 unspecified atom stereocenters. The van der Waals surface area contributed by atoms with Gasteiger partial charge in [0.25, 0.3) is 5.91 Å². The van der Waals surface area contributed by atoms with Crippen molar-refractivity contribution in [1.29, 1.82) is 5.26 Å². The summed E-state index contributed by atoms with van der Waals surface area (Å²) in [5.74, 6) is 0.372. The molecular formula is C16H21N3O3. The van der Waals surface area contributed by atoms with E-state index in [1.807, 2.05) is 30.3 Å². The first-order valence-electron chi connectivity index (χ1n) is 6.95. The van der Waals surface area contributed by atoms with Crippen LogP contribution in [-0.2, 0) is 16.1 Å². The molecule has 0 fully saturated rings. The van der Waals surface area contributed by atoms with Crippen molar-refractivity contribution in [2.75, 3.05) is 27.4 Å². The van der Waals surface area contributed by atoms with Gasteiger partial charge < -0.3 is 20.1 Å². The van der Waals surface area contributed by atoms with Gasteiger partial charge in [0.1, 0.15) is 17.4 Å². The van der Waals surface area contributed by atoms with Crippen molar-refractivity contribution in [3.05, 3.63) is 41.6 Å². The molecule has 6 heteroatoms. The van der Waals surface area contributed by atoms with Gasteiger partial charge in [0.15, 0.2) is 0 Å². The quantitative estimate of drug-likeness (QED) is 0.409. The van der Waals surface area contributed by atoms with Crippen LogP contribution in [0, 0.1) is 11.3 Å². The molecule has 6 nitrogen and oxygen atoms in total. The van der Waals surface area contributed by atoms with Crippen LogP contribution in [0.15, 0.2) is 36.0 Å². The molecule has 1 rings (SSSR count). The Balaban J connectivity index is 2.47. The van der Waals surface area contributed by atoms with Crippen LogP contribution in [0.2, 0.25) is 0 Å². The van der Waals surface area contributed by atoms with Gasteiger partial charge in [0, 0.05) is 33.0 Å². The molecule has 118 valence electrons. The summed E-state index contributed by atoms with van der Waals surface area (Å²) in [4.78, 5) is 11.8. The molecule has 0 radical (unpaired) electrons. The molecule has 0 saturated carbocycles. The average Bonchev–Trinajstić information content (AvgIpc) is 2.55. The minimum Gasteiger partial charge on any atom is -0.497 e. The van der Waals surface area contributed by atoms with Gasteiger partial charge in [-0.05, 0) is 24.1 Å². The third-order valence-electron chi connectivity index (χ3n) is 2.86. The lowest BCUT2D eigenvalue weighted by Crippen LogP contribution is -2.27. The third kappa shape index (κ3) is 6.29. The number of rotatable bonds is 9. The van der Waals surface area contributed by atoms with Crippen LogP contribution in [0.25, 0.3) is 0 Å². The van der Waals surface area contributed by atoms with Gasteiger partial charge in [-0.1, -0.05) is 12.1 Å². The number of hydrogen-bond acceptors (Lipinski definition) is 5. The third-order valence-corrected chi connectivity index (χ3v) is 2.86. The van der Waals surface area contributed by atoms with E-state index in [1.165, 1.54) is 6.20 Å². The number of ether oxygens (including phenoxy) is 2.